The van der Waals surface area contributed by atoms with Gasteiger partial charge in [-0.1, -0.05) is 12.1 Å². The maximum absolute atomic E-state index is 5.48. The van der Waals surface area contributed by atoms with E-state index < -0.39 is 0 Å². The van der Waals surface area contributed by atoms with Gasteiger partial charge in [0.25, 0.3) is 0 Å². The van der Waals surface area contributed by atoms with Crippen molar-refractivity contribution in [3.05, 3.63) is 48.4 Å². The van der Waals surface area contributed by atoms with Crippen LogP contribution in [-0.2, 0) is 6.54 Å². The van der Waals surface area contributed by atoms with Crippen molar-refractivity contribution in [3.63, 3.8) is 0 Å². The topological polar surface area (TPSA) is 80.2 Å². The molecule has 0 fully saturated rings. The van der Waals surface area contributed by atoms with Crippen LogP contribution >= 0.6 is 0 Å². The largest absolute Gasteiger partial charge is 0.467 e. The van der Waals surface area contributed by atoms with Crippen LogP contribution in [0.1, 0.15) is 12.7 Å². The standard InChI is InChI=1S/C15H17N5O/c1-2-20(10-11-6-5-9-21-11)14-12-7-3-4-8-13(12)17-15(18-14)19-16/h3-9H,2,10,16H2,1H3,(H,17,18,19). The number of nitrogens with one attached hydrogen (secondary N) is 1. The molecule has 0 unspecified atom stereocenters. The fourth-order valence-electron chi connectivity index (χ4n) is 2.29. The predicted molar refractivity (Wildman–Crippen MR) is 82.8 cm³/mol. The molecule has 6 heteroatoms. The van der Waals surface area contributed by atoms with E-state index in [0.717, 1.165) is 29.0 Å². The molecular formula is C15H17N5O. The first-order valence-electron chi connectivity index (χ1n) is 6.82. The predicted octanol–water partition coefficient (Wildman–Crippen LogP) is 2.53. The number of nitrogens with zero attached hydrogens (tertiary/aromatic N) is 3. The van der Waals surface area contributed by atoms with Crippen molar-refractivity contribution in [1.29, 1.82) is 0 Å². The van der Waals surface area contributed by atoms with Gasteiger partial charge in [-0.2, -0.15) is 4.98 Å². The number of furan rings is 1. The van der Waals surface area contributed by atoms with E-state index in [4.69, 9.17) is 10.3 Å². The Morgan fingerprint density at radius 3 is 2.76 bits per heavy atom. The van der Waals surface area contributed by atoms with E-state index in [0.29, 0.717) is 12.5 Å². The Bertz CT molecular complexity index is 726. The van der Waals surface area contributed by atoms with Gasteiger partial charge in [0.1, 0.15) is 11.6 Å². The molecule has 0 atom stereocenters. The summed E-state index contributed by atoms with van der Waals surface area (Å²) < 4.78 is 5.43. The van der Waals surface area contributed by atoms with Crippen LogP contribution in [0.5, 0.6) is 0 Å². The summed E-state index contributed by atoms with van der Waals surface area (Å²) in [4.78, 5) is 11.0. The second kappa shape index (κ2) is 5.80. The van der Waals surface area contributed by atoms with Gasteiger partial charge in [0.05, 0.1) is 18.3 Å². The Balaban J connectivity index is 2.07. The van der Waals surface area contributed by atoms with Crippen LogP contribution in [0.25, 0.3) is 10.9 Å². The maximum atomic E-state index is 5.48. The van der Waals surface area contributed by atoms with Crippen LogP contribution < -0.4 is 16.2 Å². The first-order valence-corrected chi connectivity index (χ1v) is 6.82. The van der Waals surface area contributed by atoms with Crippen molar-refractivity contribution in [2.75, 3.05) is 16.9 Å². The van der Waals surface area contributed by atoms with E-state index in [1.54, 1.807) is 6.26 Å². The lowest BCUT2D eigenvalue weighted by Crippen LogP contribution is -2.24. The number of nitrogen functional groups attached to an aromatic ring is 1. The average Bonchev–Trinajstić information content (AvgIpc) is 3.04. The SMILES string of the molecule is CCN(Cc1ccco1)c1nc(NN)nc2ccccc12. The summed E-state index contributed by atoms with van der Waals surface area (Å²) in [6, 6.07) is 11.7. The number of hydrogen-bond donors (Lipinski definition) is 2. The van der Waals surface area contributed by atoms with Crippen LogP contribution in [0.2, 0.25) is 0 Å². The van der Waals surface area contributed by atoms with Crippen LogP contribution in [0.15, 0.2) is 47.1 Å². The summed E-state index contributed by atoms with van der Waals surface area (Å²) in [5.74, 6) is 7.61. The highest BCUT2D eigenvalue weighted by Gasteiger charge is 2.14. The summed E-state index contributed by atoms with van der Waals surface area (Å²) in [7, 11) is 0. The van der Waals surface area contributed by atoms with Gasteiger partial charge in [0, 0.05) is 11.9 Å². The van der Waals surface area contributed by atoms with Crippen LogP contribution in [-0.4, -0.2) is 16.5 Å². The molecule has 0 aliphatic heterocycles. The van der Waals surface area contributed by atoms with E-state index in [9.17, 15) is 0 Å². The molecule has 0 saturated carbocycles. The van der Waals surface area contributed by atoms with E-state index in [1.807, 2.05) is 36.4 Å². The Kier molecular flexibility index (Phi) is 3.70. The molecule has 3 rings (SSSR count). The zero-order chi connectivity index (χ0) is 14.7. The summed E-state index contributed by atoms with van der Waals surface area (Å²) in [5.41, 5.74) is 3.38. The van der Waals surface area contributed by atoms with Gasteiger partial charge in [-0.25, -0.2) is 10.8 Å². The molecule has 2 heterocycles. The molecule has 0 spiro atoms. The Labute approximate surface area is 122 Å². The molecule has 0 aliphatic rings. The summed E-state index contributed by atoms with van der Waals surface area (Å²) in [6.45, 7) is 3.52. The number of benzene rings is 1. The lowest BCUT2D eigenvalue weighted by atomic mass is 10.2. The number of hydrazine groups is 1. The molecule has 21 heavy (non-hydrogen) atoms. The maximum Gasteiger partial charge on any atom is 0.239 e. The second-order valence-electron chi connectivity index (χ2n) is 4.63. The average molecular weight is 283 g/mol. The first kappa shape index (κ1) is 13.4. The molecule has 3 N–H and O–H groups in total. The smallest absolute Gasteiger partial charge is 0.239 e. The first-order chi connectivity index (χ1) is 10.3. The second-order valence-corrected chi connectivity index (χ2v) is 4.63. The highest BCUT2D eigenvalue weighted by molar-refractivity contribution is 5.90. The molecule has 2 aromatic heterocycles. The monoisotopic (exact) mass is 283 g/mol. The fourth-order valence-corrected chi connectivity index (χ4v) is 2.29. The molecule has 0 saturated heterocycles. The minimum Gasteiger partial charge on any atom is -0.467 e. The van der Waals surface area contributed by atoms with Crippen LogP contribution in [0.4, 0.5) is 11.8 Å². The lowest BCUT2D eigenvalue weighted by Gasteiger charge is -2.22. The molecular weight excluding hydrogens is 266 g/mol. The minimum atomic E-state index is 0.404. The number of hydrogen-bond acceptors (Lipinski definition) is 6. The van der Waals surface area contributed by atoms with Crippen molar-refractivity contribution in [1.82, 2.24) is 9.97 Å². The number of aromatic nitrogens is 2. The molecule has 6 nitrogen and oxygen atoms in total. The zero-order valence-electron chi connectivity index (χ0n) is 11.8. The van der Waals surface area contributed by atoms with E-state index in [-0.39, 0.29) is 0 Å². The zero-order valence-corrected chi connectivity index (χ0v) is 11.8. The number of fused-ring (bicyclic) bond motifs is 1. The van der Waals surface area contributed by atoms with Gasteiger partial charge in [0.2, 0.25) is 5.95 Å². The Morgan fingerprint density at radius 1 is 1.19 bits per heavy atom. The summed E-state index contributed by atoms with van der Waals surface area (Å²) in [5, 5.41) is 0.991. The van der Waals surface area contributed by atoms with Crippen molar-refractivity contribution in [2.24, 2.45) is 5.84 Å². The van der Waals surface area contributed by atoms with Crippen LogP contribution in [0.3, 0.4) is 0 Å². The Morgan fingerprint density at radius 2 is 2.05 bits per heavy atom. The van der Waals surface area contributed by atoms with Gasteiger partial charge >= 0.3 is 0 Å². The van der Waals surface area contributed by atoms with Gasteiger partial charge in [-0.3, -0.25) is 5.43 Å². The molecule has 108 valence electrons. The molecule has 0 amide bonds. The summed E-state index contributed by atoms with van der Waals surface area (Å²) in [6.07, 6.45) is 1.67. The molecule has 1 aromatic carbocycles. The van der Waals surface area contributed by atoms with Crippen molar-refractivity contribution in [3.8, 4) is 0 Å². The third kappa shape index (κ3) is 2.66. The third-order valence-electron chi connectivity index (χ3n) is 3.32. The van der Waals surface area contributed by atoms with E-state index >= 15 is 0 Å². The van der Waals surface area contributed by atoms with Crippen molar-refractivity contribution < 1.29 is 4.42 Å². The van der Waals surface area contributed by atoms with E-state index in [1.165, 1.54) is 0 Å². The normalized spacial score (nSPS) is 10.8. The van der Waals surface area contributed by atoms with Gasteiger partial charge < -0.3 is 9.32 Å². The quantitative estimate of drug-likeness (QED) is 0.553. The number of nitrogens with two attached hydrogens (primary N) is 1. The van der Waals surface area contributed by atoms with Crippen molar-refractivity contribution >= 4 is 22.7 Å². The van der Waals surface area contributed by atoms with Crippen molar-refractivity contribution in [2.45, 2.75) is 13.5 Å². The highest BCUT2D eigenvalue weighted by atomic mass is 16.3. The summed E-state index contributed by atoms with van der Waals surface area (Å²) >= 11 is 0. The molecule has 0 aliphatic carbocycles. The highest BCUT2D eigenvalue weighted by Crippen LogP contribution is 2.26. The molecule has 0 radical (unpaired) electrons. The number of para-hydroxylation sites is 1. The van der Waals surface area contributed by atoms with Gasteiger partial charge in [-0.05, 0) is 31.2 Å². The fraction of sp³-hybridized carbons (Fsp3) is 0.200. The number of anilines is 2. The van der Waals surface area contributed by atoms with E-state index in [2.05, 4.69) is 27.2 Å². The van der Waals surface area contributed by atoms with Gasteiger partial charge in [0.15, 0.2) is 0 Å². The minimum absolute atomic E-state index is 0.404. The lowest BCUT2D eigenvalue weighted by molar-refractivity contribution is 0.503. The van der Waals surface area contributed by atoms with Crippen LogP contribution in [0, 0.1) is 0 Å². The number of rotatable bonds is 5. The molecule has 0 bridgehead atoms. The molecule has 3 aromatic rings. The van der Waals surface area contributed by atoms with Gasteiger partial charge in [-0.15, -0.1) is 0 Å². The Hall–Kier alpha value is -2.60. The third-order valence-corrected chi connectivity index (χ3v) is 3.32.